The van der Waals surface area contributed by atoms with Gasteiger partial charge in [0.05, 0.1) is 17.9 Å². The molecule has 18 heavy (non-hydrogen) atoms. The van der Waals surface area contributed by atoms with Crippen molar-refractivity contribution in [2.75, 3.05) is 13.1 Å². The summed E-state index contributed by atoms with van der Waals surface area (Å²) in [6.45, 7) is 6.17. The zero-order valence-corrected chi connectivity index (χ0v) is 10.7. The fourth-order valence-electron chi connectivity index (χ4n) is 2.47. The minimum atomic E-state index is 0.829. The van der Waals surface area contributed by atoms with Crippen LogP contribution in [0.2, 0.25) is 0 Å². The summed E-state index contributed by atoms with van der Waals surface area (Å²) in [4.78, 5) is 2.41. The van der Waals surface area contributed by atoms with Crippen molar-refractivity contribution < 1.29 is 0 Å². The van der Waals surface area contributed by atoms with E-state index in [0.29, 0.717) is 0 Å². The quantitative estimate of drug-likeness (QED) is 0.821. The lowest BCUT2D eigenvalue weighted by molar-refractivity contribution is 0.262. The van der Waals surface area contributed by atoms with Crippen LogP contribution in [-0.4, -0.2) is 33.0 Å². The maximum Gasteiger partial charge on any atom is 0.0999 e. The van der Waals surface area contributed by atoms with Gasteiger partial charge in [0.25, 0.3) is 0 Å². The number of aromatic nitrogens is 3. The number of hydrogen-bond acceptors (Lipinski definition) is 3. The first-order valence-electron chi connectivity index (χ1n) is 6.54. The molecule has 0 bridgehead atoms. The standard InChI is InChI=1S/C14H18N4/c1-2-17-9-8-14-13(11-17)15-16-18(14)10-12-6-4-3-5-7-12/h3-7H,2,8-11H2,1H3. The predicted octanol–water partition coefficient (Wildman–Crippen LogP) is 1.70. The smallest absolute Gasteiger partial charge is 0.0999 e. The zero-order valence-electron chi connectivity index (χ0n) is 10.7. The number of nitrogens with zero attached hydrogens (tertiary/aromatic N) is 4. The third-order valence-electron chi connectivity index (χ3n) is 3.58. The fraction of sp³-hybridized carbons (Fsp3) is 0.429. The van der Waals surface area contributed by atoms with E-state index in [2.05, 4.69) is 51.1 Å². The van der Waals surface area contributed by atoms with Gasteiger partial charge in [-0.25, -0.2) is 4.68 Å². The number of rotatable bonds is 3. The van der Waals surface area contributed by atoms with Gasteiger partial charge in [-0.15, -0.1) is 5.10 Å². The molecule has 0 aliphatic carbocycles. The normalized spacial score (nSPS) is 15.6. The van der Waals surface area contributed by atoms with E-state index in [9.17, 15) is 0 Å². The van der Waals surface area contributed by atoms with E-state index < -0.39 is 0 Å². The number of hydrogen-bond donors (Lipinski definition) is 0. The van der Waals surface area contributed by atoms with Gasteiger partial charge in [0.2, 0.25) is 0 Å². The van der Waals surface area contributed by atoms with Crippen LogP contribution in [0.1, 0.15) is 23.9 Å². The molecule has 4 heteroatoms. The first-order chi connectivity index (χ1) is 8.86. The minimum absolute atomic E-state index is 0.829. The molecule has 4 nitrogen and oxygen atoms in total. The Morgan fingerprint density at radius 2 is 2.06 bits per heavy atom. The van der Waals surface area contributed by atoms with Crippen molar-refractivity contribution in [3.63, 3.8) is 0 Å². The summed E-state index contributed by atoms with van der Waals surface area (Å²) in [5.41, 5.74) is 3.74. The summed E-state index contributed by atoms with van der Waals surface area (Å²) in [5.74, 6) is 0. The molecule has 0 saturated heterocycles. The van der Waals surface area contributed by atoms with Crippen LogP contribution in [-0.2, 0) is 19.5 Å². The molecule has 1 aromatic carbocycles. The highest BCUT2D eigenvalue weighted by molar-refractivity contribution is 5.18. The van der Waals surface area contributed by atoms with Crippen LogP contribution in [0.25, 0.3) is 0 Å². The Labute approximate surface area is 107 Å². The van der Waals surface area contributed by atoms with Crippen molar-refractivity contribution in [2.24, 2.45) is 0 Å². The molecular weight excluding hydrogens is 224 g/mol. The second-order valence-corrected chi connectivity index (χ2v) is 4.74. The molecule has 0 fully saturated rings. The molecule has 0 amide bonds. The van der Waals surface area contributed by atoms with E-state index in [0.717, 1.165) is 38.3 Å². The van der Waals surface area contributed by atoms with E-state index in [4.69, 9.17) is 0 Å². The molecule has 0 radical (unpaired) electrons. The Morgan fingerprint density at radius 1 is 1.22 bits per heavy atom. The minimum Gasteiger partial charge on any atom is -0.297 e. The molecule has 1 aliphatic rings. The lowest BCUT2D eigenvalue weighted by Gasteiger charge is -2.24. The van der Waals surface area contributed by atoms with Crippen LogP contribution >= 0.6 is 0 Å². The van der Waals surface area contributed by atoms with Crippen molar-refractivity contribution in [1.29, 1.82) is 0 Å². The van der Waals surface area contributed by atoms with Gasteiger partial charge in [-0.1, -0.05) is 42.5 Å². The van der Waals surface area contributed by atoms with Gasteiger partial charge in [0, 0.05) is 19.5 Å². The third kappa shape index (κ3) is 2.16. The summed E-state index contributed by atoms with van der Waals surface area (Å²) in [7, 11) is 0. The van der Waals surface area contributed by atoms with E-state index in [1.165, 1.54) is 11.3 Å². The van der Waals surface area contributed by atoms with Crippen molar-refractivity contribution in [2.45, 2.75) is 26.4 Å². The second-order valence-electron chi connectivity index (χ2n) is 4.74. The first kappa shape index (κ1) is 11.4. The van der Waals surface area contributed by atoms with E-state index in [-0.39, 0.29) is 0 Å². The molecule has 0 spiro atoms. The number of likely N-dealkylation sites (N-methyl/N-ethyl adjacent to an activating group) is 1. The molecule has 94 valence electrons. The number of benzene rings is 1. The van der Waals surface area contributed by atoms with Crippen LogP contribution in [0, 0.1) is 0 Å². The van der Waals surface area contributed by atoms with E-state index in [1.54, 1.807) is 0 Å². The Kier molecular flexibility index (Phi) is 3.11. The Balaban J connectivity index is 1.81. The van der Waals surface area contributed by atoms with Crippen molar-refractivity contribution >= 4 is 0 Å². The zero-order chi connectivity index (χ0) is 12.4. The molecule has 1 aromatic heterocycles. The highest BCUT2D eigenvalue weighted by atomic mass is 15.4. The molecule has 0 saturated carbocycles. The average molecular weight is 242 g/mol. The molecule has 2 aromatic rings. The SMILES string of the molecule is CCN1CCc2c(nnn2Cc2ccccc2)C1. The summed E-state index contributed by atoms with van der Waals surface area (Å²) in [6.07, 6.45) is 1.06. The average Bonchev–Trinajstić information content (AvgIpc) is 2.82. The molecular formula is C14H18N4. The Bertz CT molecular complexity index is 518. The predicted molar refractivity (Wildman–Crippen MR) is 70.2 cm³/mol. The van der Waals surface area contributed by atoms with Crippen LogP contribution in [0.15, 0.2) is 30.3 Å². The number of fused-ring (bicyclic) bond motifs is 1. The van der Waals surface area contributed by atoms with Gasteiger partial charge in [-0.2, -0.15) is 0 Å². The van der Waals surface area contributed by atoms with Crippen LogP contribution in [0.3, 0.4) is 0 Å². The van der Waals surface area contributed by atoms with Gasteiger partial charge in [0.1, 0.15) is 0 Å². The Morgan fingerprint density at radius 3 is 2.83 bits per heavy atom. The van der Waals surface area contributed by atoms with Gasteiger partial charge >= 0.3 is 0 Å². The summed E-state index contributed by atoms with van der Waals surface area (Å²) in [6, 6.07) is 10.4. The lowest BCUT2D eigenvalue weighted by atomic mass is 10.1. The summed E-state index contributed by atoms with van der Waals surface area (Å²) in [5, 5.41) is 8.62. The molecule has 2 heterocycles. The first-order valence-corrected chi connectivity index (χ1v) is 6.54. The monoisotopic (exact) mass is 242 g/mol. The molecule has 3 rings (SSSR count). The highest BCUT2D eigenvalue weighted by Gasteiger charge is 2.20. The van der Waals surface area contributed by atoms with Gasteiger partial charge in [0.15, 0.2) is 0 Å². The van der Waals surface area contributed by atoms with Crippen LogP contribution in [0.4, 0.5) is 0 Å². The fourth-order valence-corrected chi connectivity index (χ4v) is 2.47. The third-order valence-corrected chi connectivity index (χ3v) is 3.58. The maximum absolute atomic E-state index is 4.32. The van der Waals surface area contributed by atoms with E-state index >= 15 is 0 Å². The van der Waals surface area contributed by atoms with Crippen molar-refractivity contribution in [1.82, 2.24) is 19.9 Å². The molecule has 0 atom stereocenters. The summed E-state index contributed by atoms with van der Waals surface area (Å²) >= 11 is 0. The van der Waals surface area contributed by atoms with Crippen LogP contribution in [0.5, 0.6) is 0 Å². The van der Waals surface area contributed by atoms with Crippen LogP contribution < -0.4 is 0 Å². The Hall–Kier alpha value is -1.68. The van der Waals surface area contributed by atoms with Gasteiger partial charge in [-0.3, -0.25) is 4.90 Å². The van der Waals surface area contributed by atoms with Gasteiger partial charge < -0.3 is 0 Å². The second kappa shape index (κ2) is 4.90. The van der Waals surface area contributed by atoms with Crippen molar-refractivity contribution in [3.8, 4) is 0 Å². The molecule has 1 aliphatic heterocycles. The lowest BCUT2D eigenvalue weighted by Crippen LogP contribution is -2.31. The molecule has 0 unspecified atom stereocenters. The van der Waals surface area contributed by atoms with Gasteiger partial charge in [-0.05, 0) is 12.1 Å². The maximum atomic E-state index is 4.32. The van der Waals surface area contributed by atoms with Crippen molar-refractivity contribution in [3.05, 3.63) is 47.3 Å². The largest absolute Gasteiger partial charge is 0.297 e. The summed E-state index contributed by atoms with van der Waals surface area (Å²) < 4.78 is 2.05. The van der Waals surface area contributed by atoms with E-state index in [1.807, 2.05) is 6.07 Å². The molecule has 0 N–H and O–H groups in total. The topological polar surface area (TPSA) is 34.0 Å². The highest BCUT2D eigenvalue weighted by Crippen LogP contribution is 2.17.